The van der Waals surface area contributed by atoms with Crippen LogP contribution in [0.1, 0.15) is 15.9 Å². The number of nitrogens with zero attached hydrogens (tertiary/aromatic N) is 1. The lowest BCUT2D eigenvalue weighted by Gasteiger charge is -2.02. The molecule has 0 unspecified atom stereocenters. The number of aryl methyl sites for hydroxylation is 1. The van der Waals surface area contributed by atoms with Gasteiger partial charge in [-0.1, -0.05) is 5.16 Å². The average Bonchev–Trinajstić information content (AvgIpc) is 2.60. The van der Waals surface area contributed by atoms with Crippen molar-refractivity contribution in [3.05, 3.63) is 21.9 Å². The van der Waals surface area contributed by atoms with E-state index in [1.165, 1.54) is 11.3 Å². The first-order valence-electron chi connectivity index (χ1n) is 3.92. The van der Waals surface area contributed by atoms with Gasteiger partial charge in [0, 0.05) is 5.38 Å². The number of carbonyl (C=O) groups is 1. The molecular weight excluding hydrogens is 202 g/mol. The number of carbonyl (C=O) groups excluding carboxylic acids is 1. The summed E-state index contributed by atoms with van der Waals surface area (Å²) in [6.45, 7) is 1.90. The molecule has 0 bridgehead atoms. The van der Waals surface area contributed by atoms with Crippen LogP contribution in [0.5, 0.6) is 0 Å². The molecule has 0 saturated carbocycles. The molecule has 0 aliphatic rings. The third-order valence-corrected chi connectivity index (χ3v) is 2.52. The Morgan fingerprint density at radius 1 is 1.71 bits per heavy atom. The fraction of sp³-hybridized carbons (Fsp3) is 0.250. The summed E-state index contributed by atoms with van der Waals surface area (Å²) in [4.78, 5) is 11.5. The zero-order valence-corrected chi connectivity index (χ0v) is 8.47. The minimum absolute atomic E-state index is 0.0220. The predicted molar refractivity (Wildman–Crippen MR) is 54.8 cm³/mol. The van der Waals surface area contributed by atoms with Crippen molar-refractivity contribution in [2.24, 2.45) is 10.9 Å². The van der Waals surface area contributed by atoms with Gasteiger partial charge in [0.1, 0.15) is 0 Å². The number of hydrogen-bond donors (Lipinski definition) is 3. The van der Waals surface area contributed by atoms with Crippen molar-refractivity contribution in [3.8, 4) is 0 Å². The normalized spacial score (nSPS) is 11.4. The van der Waals surface area contributed by atoms with Crippen molar-refractivity contribution in [1.82, 2.24) is 5.32 Å². The van der Waals surface area contributed by atoms with E-state index in [1.54, 1.807) is 5.38 Å². The molecule has 0 aliphatic carbocycles. The molecule has 6 heteroatoms. The summed E-state index contributed by atoms with van der Waals surface area (Å²) in [5, 5.41) is 17.2. The molecule has 1 aromatic heterocycles. The van der Waals surface area contributed by atoms with Crippen LogP contribution in [0.3, 0.4) is 0 Å². The highest BCUT2D eigenvalue weighted by Gasteiger charge is 2.09. The summed E-state index contributed by atoms with van der Waals surface area (Å²) in [7, 11) is 0. The van der Waals surface area contributed by atoms with E-state index in [2.05, 4.69) is 10.5 Å². The zero-order valence-electron chi connectivity index (χ0n) is 7.65. The Labute approximate surface area is 85.2 Å². The summed E-state index contributed by atoms with van der Waals surface area (Å²) in [5.41, 5.74) is 6.75. The van der Waals surface area contributed by atoms with Crippen LogP contribution in [0, 0.1) is 6.92 Å². The number of nitrogens with one attached hydrogen (secondary N) is 1. The van der Waals surface area contributed by atoms with Crippen LogP contribution in [-0.2, 0) is 0 Å². The van der Waals surface area contributed by atoms with E-state index in [4.69, 9.17) is 10.9 Å². The molecule has 76 valence electrons. The molecule has 14 heavy (non-hydrogen) atoms. The smallest absolute Gasteiger partial charge is 0.252 e. The maximum Gasteiger partial charge on any atom is 0.252 e. The number of hydrogen-bond acceptors (Lipinski definition) is 4. The SMILES string of the molecule is Cc1cscc1C(=O)NCC(N)=NO. The van der Waals surface area contributed by atoms with Crippen LogP contribution < -0.4 is 11.1 Å². The Morgan fingerprint density at radius 3 is 2.93 bits per heavy atom. The fourth-order valence-electron chi connectivity index (χ4n) is 0.895. The van der Waals surface area contributed by atoms with Crippen LogP contribution in [0.4, 0.5) is 0 Å². The van der Waals surface area contributed by atoms with Gasteiger partial charge in [-0.15, -0.1) is 0 Å². The predicted octanol–water partition coefficient (Wildman–Crippen LogP) is 0.533. The number of rotatable bonds is 3. The average molecular weight is 213 g/mol. The van der Waals surface area contributed by atoms with Gasteiger partial charge in [-0.25, -0.2) is 0 Å². The van der Waals surface area contributed by atoms with Gasteiger partial charge in [0.25, 0.3) is 5.91 Å². The van der Waals surface area contributed by atoms with Crippen molar-refractivity contribution in [2.45, 2.75) is 6.92 Å². The summed E-state index contributed by atoms with van der Waals surface area (Å²) >= 11 is 1.46. The fourth-order valence-corrected chi connectivity index (χ4v) is 1.72. The minimum atomic E-state index is -0.213. The van der Waals surface area contributed by atoms with Gasteiger partial charge in [-0.2, -0.15) is 11.3 Å². The molecule has 0 aliphatic heterocycles. The van der Waals surface area contributed by atoms with E-state index in [1.807, 2.05) is 12.3 Å². The Bertz CT molecular complexity index is 359. The van der Waals surface area contributed by atoms with Crippen LogP contribution in [0.2, 0.25) is 0 Å². The van der Waals surface area contributed by atoms with Gasteiger partial charge in [-0.3, -0.25) is 4.79 Å². The van der Waals surface area contributed by atoms with E-state index >= 15 is 0 Å². The topological polar surface area (TPSA) is 87.7 Å². The molecule has 4 N–H and O–H groups in total. The van der Waals surface area contributed by atoms with Crippen LogP contribution in [-0.4, -0.2) is 23.5 Å². The third-order valence-electron chi connectivity index (χ3n) is 1.66. The summed E-state index contributed by atoms with van der Waals surface area (Å²) in [6, 6.07) is 0. The van der Waals surface area contributed by atoms with E-state index in [-0.39, 0.29) is 18.3 Å². The van der Waals surface area contributed by atoms with Gasteiger partial charge in [0.05, 0.1) is 12.1 Å². The van der Waals surface area contributed by atoms with Gasteiger partial charge in [-0.05, 0) is 17.9 Å². The molecule has 0 atom stereocenters. The monoisotopic (exact) mass is 213 g/mol. The molecule has 1 heterocycles. The molecule has 0 radical (unpaired) electrons. The Kier molecular flexibility index (Phi) is 3.47. The second kappa shape index (κ2) is 4.61. The molecule has 5 nitrogen and oxygen atoms in total. The summed E-state index contributed by atoms with van der Waals surface area (Å²) in [5.74, 6) is -0.235. The first-order chi connectivity index (χ1) is 6.65. The van der Waals surface area contributed by atoms with Gasteiger partial charge in [0.15, 0.2) is 5.84 Å². The van der Waals surface area contributed by atoms with Crippen LogP contribution >= 0.6 is 11.3 Å². The van der Waals surface area contributed by atoms with E-state index in [0.29, 0.717) is 5.56 Å². The quantitative estimate of drug-likeness (QED) is 0.296. The summed E-state index contributed by atoms with van der Waals surface area (Å²) in [6.07, 6.45) is 0. The Hall–Kier alpha value is -1.56. The number of nitrogens with two attached hydrogens (primary N) is 1. The van der Waals surface area contributed by atoms with Crippen molar-refractivity contribution in [2.75, 3.05) is 6.54 Å². The Morgan fingerprint density at radius 2 is 2.43 bits per heavy atom. The largest absolute Gasteiger partial charge is 0.409 e. The van der Waals surface area contributed by atoms with Crippen molar-refractivity contribution < 1.29 is 10.0 Å². The molecule has 0 saturated heterocycles. The first-order valence-corrected chi connectivity index (χ1v) is 4.87. The van der Waals surface area contributed by atoms with Crippen molar-refractivity contribution in [3.63, 3.8) is 0 Å². The van der Waals surface area contributed by atoms with Gasteiger partial charge >= 0.3 is 0 Å². The second-order valence-electron chi connectivity index (χ2n) is 2.74. The van der Waals surface area contributed by atoms with Crippen molar-refractivity contribution >= 4 is 23.1 Å². The highest BCUT2D eigenvalue weighted by molar-refractivity contribution is 7.08. The maximum atomic E-state index is 11.5. The van der Waals surface area contributed by atoms with Gasteiger partial charge < -0.3 is 16.3 Å². The Balaban J connectivity index is 2.56. The molecule has 0 aromatic carbocycles. The number of thiophene rings is 1. The molecular formula is C8H11N3O2S. The second-order valence-corrected chi connectivity index (χ2v) is 3.49. The highest BCUT2D eigenvalue weighted by Crippen LogP contribution is 2.12. The lowest BCUT2D eigenvalue weighted by Crippen LogP contribution is -2.33. The minimum Gasteiger partial charge on any atom is -0.409 e. The van der Waals surface area contributed by atoms with Crippen LogP contribution in [0.15, 0.2) is 15.9 Å². The number of amidine groups is 1. The lowest BCUT2D eigenvalue weighted by atomic mass is 10.2. The zero-order chi connectivity index (χ0) is 10.6. The van der Waals surface area contributed by atoms with Gasteiger partial charge in [0.2, 0.25) is 0 Å². The lowest BCUT2D eigenvalue weighted by molar-refractivity contribution is 0.0959. The van der Waals surface area contributed by atoms with E-state index < -0.39 is 0 Å². The first kappa shape index (κ1) is 10.5. The standard InChI is InChI=1S/C8H11N3O2S/c1-5-3-14-4-6(5)8(12)10-2-7(9)11-13/h3-4,13H,2H2,1H3,(H2,9,11)(H,10,12). The van der Waals surface area contributed by atoms with E-state index in [9.17, 15) is 4.79 Å². The molecule has 0 spiro atoms. The third kappa shape index (κ3) is 2.46. The molecule has 1 rings (SSSR count). The number of amides is 1. The van der Waals surface area contributed by atoms with Crippen molar-refractivity contribution in [1.29, 1.82) is 0 Å². The highest BCUT2D eigenvalue weighted by atomic mass is 32.1. The molecule has 1 aromatic rings. The maximum absolute atomic E-state index is 11.5. The van der Waals surface area contributed by atoms with Crippen LogP contribution in [0.25, 0.3) is 0 Å². The van der Waals surface area contributed by atoms with E-state index in [0.717, 1.165) is 5.56 Å². The number of oxime groups is 1. The molecule has 0 fully saturated rings. The molecule has 1 amide bonds. The summed E-state index contributed by atoms with van der Waals surface area (Å²) < 4.78 is 0.